The Balaban J connectivity index is 2.58. The van der Waals surface area contributed by atoms with Gasteiger partial charge >= 0.3 is 0 Å². The van der Waals surface area contributed by atoms with Gasteiger partial charge in [0.15, 0.2) is 0 Å². The van der Waals surface area contributed by atoms with Gasteiger partial charge in [-0.1, -0.05) is 17.7 Å². The summed E-state index contributed by atoms with van der Waals surface area (Å²) in [5.41, 5.74) is 0.230. The number of aliphatic hydroxyl groups excluding tert-OH is 1. The van der Waals surface area contributed by atoms with Crippen LogP contribution in [0, 0.1) is 0 Å². The van der Waals surface area contributed by atoms with Crippen LogP contribution in [0.4, 0.5) is 0 Å². The molecule has 1 heterocycles. The Labute approximate surface area is 105 Å². The average molecular weight is 259 g/mol. The Morgan fingerprint density at radius 1 is 1.65 bits per heavy atom. The maximum atomic E-state index is 11.7. The van der Waals surface area contributed by atoms with Gasteiger partial charge < -0.3 is 15.2 Å². The van der Waals surface area contributed by atoms with E-state index < -0.39 is 0 Å². The van der Waals surface area contributed by atoms with Crippen molar-refractivity contribution in [3.05, 3.63) is 29.0 Å². The maximum absolute atomic E-state index is 11.7. The number of nitrogens with zero attached hydrogens (tertiary/aromatic N) is 1. The zero-order valence-electron chi connectivity index (χ0n) is 9.52. The molecular formula is C11H15ClN2O3. The maximum Gasteiger partial charge on any atom is 0.270 e. The Morgan fingerprint density at radius 3 is 3.00 bits per heavy atom. The van der Waals surface area contributed by atoms with Crippen LogP contribution in [0.15, 0.2) is 18.2 Å². The van der Waals surface area contributed by atoms with E-state index in [4.69, 9.17) is 21.4 Å². The van der Waals surface area contributed by atoms with Crippen LogP contribution in [-0.4, -0.2) is 42.4 Å². The Morgan fingerprint density at radius 2 is 2.41 bits per heavy atom. The van der Waals surface area contributed by atoms with Gasteiger partial charge in [-0.05, 0) is 18.6 Å². The Hall–Kier alpha value is -1.17. The molecule has 0 saturated carbocycles. The summed E-state index contributed by atoms with van der Waals surface area (Å²) in [5.74, 6) is -0.359. The number of amides is 1. The molecule has 0 spiro atoms. The summed E-state index contributed by atoms with van der Waals surface area (Å²) in [7, 11) is 1.56. The number of aliphatic hydroxyl groups is 1. The fourth-order valence-electron chi connectivity index (χ4n) is 1.26. The molecule has 2 N–H and O–H groups in total. The molecule has 1 rings (SSSR count). The minimum atomic E-state index is -0.359. The van der Waals surface area contributed by atoms with Crippen molar-refractivity contribution in [2.45, 2.75) is 12.5 Å². The van der Waals surface area contributed by atoms with Gasteiger partial charge in [-0.15, -0.1) is 0 Å². The molecule has 0 bridgehead atoms. The van der Waals surface area contributed by atoms with Crippen molar-refractivity contribution in [1.29, 1.82) is 0 Å². The smallest absolute Gasteiger partial charge is 0.270 e. The molecule has 0 aliphatic carbocycles. The second-order valence-electron chi connectivity index (χ2n) is 3.48. The highest BCUT2D eigenvalue weighted by Gasteiger charge is 2.13. The lowest BCUT2D eigenvalue weighted by Crippen LogP contribution is -2.38. The van der Waals surface area contributed by atoms with Crippen molar-refractivity contribution in [3.8, 4) is 0 Å². The molecule has 5 nitrogen and oxygen atoms in total. The lowest BCUT2D eigenvalue weighted by Gasteiger charge is -2.15. The average Bonchev–Trinajstić information content (AvgIpc) is 2.34. The topological polar surface area (TPSA) is 71.5 Å². The summed E-state index contributed by atoms with van der Waals surface area (Å²) in [6.45, 7) is 0.324. The number of methoxy groups -OCH3 is 1. The fraction of sp³-hybridized carbons (Fsp3) is 0.455. The summed E-state index contributed by atoms with van der Waals surface area (Å²) < 4.78 is 4.88. The monoisotopic (exact) mass is 258 g/mol. The number of pyridine rings is 1. The van der Waals surface area contributed by atoms with Gasteiger partial charge in [-0.2, -0.15) is 0 Å². The van der Waals surface area contributed by atoms with Crippen LogP contribution in [0.25, 0.3) is 0 Å². The van der Waals surface area contributed by atoms with E-state index in [0.29, 0.717) is 13.0 Å². The van der Waals surface area contributed by atoms with Crippen molar-refractivity contribution in [2.24, 2.45) is 0 Å². The summed E-state index contributed by atoms with van der Waals surface area (Å²) in [4.78, 5) is 15.6. The van der Waals surface area contributed by atoms with Gasteiger partial charge in [-0.3, -0.25) is 4.79 Å². The van der Waals surface area contributed by atoms with E-state index in [9.17, 15) is 4.79 Å². The first-order valence-corrected chi connectivity index (χ1v) is 5.58. The third-order valence-electron chi connectivity index (χ3n) is 2.17. The van der Waals surface area contributed by atoms with Crippen LogP contribution < -0.4 is 5.32 Å². The lowest BCUT2D eigenvalue weighted by atomic mass is 10.2. The van der Waals surface area contributed by atoms with Gasteiger partial charge in [0.05, 0.1) is 12.6 Å². The second-order valence-corrected chi connectivity index (χ2v) is 3.87. The molecule has 6 heteroatoms. The third kappa shape index (κ3) is 4.68. The number of halogens is 1. The molecule has 1 unspecified atom stereocenters. The van der Waals surface area contributed by atoms with E-state index in [1.54, 1.807) is 25.3 Å². The fourth-order valence-corrected chi connectivity index (χ4v) is 1.43. The SMILES string of the molecule is COCCC(CO)NC(=O)c1cccc(Cl)n1. The molecule has 1 aromatic rings. The van der Waals surface area contributed by atoms with Gasteiger partial charge in [-0.25, -0.2) is 4.98 Å². The molecule has 0 aliphatic rings. The number of ether oxygens (including phenoxy) is 1. The van der Waals surface area contributed by atoms with Crippen molar-refractivity contribution in [1.82, 2.24) is 10.3 Å². The van der Waals surface area contributed by atoms with E-state index in [1.807, 2.05) is 0 Å². The number of hydrogen-bond donors (Lipinski definition) is 2. The van der Waals surface area contributed by atoms with Gasteiger partial charge in [0.1, 0.15) is 10.8 Å². The molecule has 94 valence electrons. The minimum Gasteiger partial charge on any atom is -0.394 e. The molecule has 1 aromatic heterocycles. The highest BCUT2D eigenvalue weighted by Crippen LogP contribution is 2.05. The van der Waals surface area contributed by atoms with E-state index in [2.05, 4.69) is 10.3 Å². The zero-order chi connectivity index (χ0) is 12.7. The van der Waals surface area contributed by atoms with E-state index in [-0.39, 0.29) is 29.4 Å². The molecule has 0 aliphatic heterocycles. The molecule has 0 saturated heterocycles. The van der Waals surface area contributed by atoms with Crippen LogP contribution in [0.5, 0.6) is 0 Å². The Kier molecular flexibility index (Phi) is 5.90. The molecule has 1 atom stereocenters. The first-order valence-electron chi connectivity index (χ1n) is 5.20. The van der Waals surface area contributed by atoms with Crippen LogP contribution in [-0.2, 0) is 4.74 Å². The van der Waals surface area contributed by atoms with E-state index in [0.717, 1.165) is 0 Å². The first kappa shape index (κ1) is 13.9. The van der Waals surface area contributed by atoms with Crippen molar-refractivity contribution < 1.29 is 14.6 Å². The van der Waals surface area contributed by atoms with Crippen LogP contribution in [0.3, 0.4) is 0 Å². The normalized spacial score (nSPS) is 12.2. The standard InChI is InChI=1S/C11H15ClN2O3/c1-17-6-5-8(7-15)13-11(16)9-3-2-4-10(12)14-9/h2-4,8,15H,5-7H2,1H3,(H,13,16). The molecule has 17 heavy (non-hydrogen) atoms. The van der Waals surface area contributed by atoms with E-state index >= 15 is 0 Å². The lowest BCUT2D eigenvalue weighted by molar-refractivity contribution is 0.0890. The highest BCUT2D eigenvalue weighted by atomic mass is 35.5. The predicted molar refractivity (Wildman–Crippen MR) is 64.1 cm³/mol. The number of rotatable bonds is 6. The van der Waals surface area contributed by atoms with Crippen molar-refractivity contribution >= 4 is 17.5 Å². The first-order chi connectivity index (χ1) is 8.17. The van der Waals surface area contributed by atoms with Gasteiger partial charge in [0.2, 0.25) is 0 Å². The highest BCUT2D eigenvalue weighted by molar-refractivity contribution is 6.29. The number of carbonyl (C=O) groups is 1. The van der Waals surface area contributed by atoms with E-state index in [1.165, 1.54) is 0 Å². The zero-order valence-corrected chi connectivity index (χ0v) is 10.3. The largest absolute Gasteiger partial charge is 0.394 e. The molecule has 0 fully saturated rings. The predicted octanol–water partition coefficient (Wildman–Crippen LogP) is 0.862. The number of hydrogen-bond acceptors (Lipinski definition) is 4. The molecule has 1 amide bonds. The van der Waals surface area contributed by atoms with Gasteiger partial charge in [0, 0.05) is 13.7 Å². The number of nitrogens with one attached hydrogen (secondary N) is 1. The summed E-state index contributed by atoms with van der Waals surface area (Å²) >= 11 is 5.68. The van der Waals surface area contributed by atoms with Crippen LogP contribution >= 0.6 is 11.6 Å². The van der Waals surface area contributed by atoms with Crippen LogP contribution in [0.1, 0.15) is 16.9 Å². The number of aromatic nitrogens is 1. The summed E-state index contributed by atoms with van der Waals surface area (Å²) in [5, 5.41) is 12.0. The third-order valence-corrected chi connectivity index (χ3v) is 2.38. The van der Waals surface area contributed by atoms with Crippen molar-refractivity contribution in [2.75, 3.05) is 20.3 Å². The second kappa shape index (κ2) is 7.21. The molecule has 0 aromatic carbocycles. The quantitative estimate of drug-likeness (QED) is 0.743. The summed E-state index contributed by atoms with van der Waals surface area (Å²) in [6, 6.07) is 4.45. The molecular weight excluding hydrogens is 244 g/mol. The Bertz CT molecular complexity index is 373. The number of carbonyl (C=O) groups excluding carboxylic acids is 1. The van der Waals surface area contributed by atoms with Gasteiger partial charge in [0.25, 0.3) is 5.91 Å². The minimum absolute atomic E-state index is 0.143. The molecule has 0 radical (unpaired) electrons. The summed E-state index contributed by atoms with van der Waals surface area (Å²) in [6.07, 6.45) is 0.541. The van der Waals surface area contributed by atoms with Crippen molar-refractivity contribution in [3.63, 3.8) is 0 Å². The van der Waals surface area contributed by atoms with Crippen LogP contribution in [0.2, 0.25) is 5.15 Å².